The molecule has 1 aromatic carbocycles. The van der Waals surface area contributed by atoms with Crippen molar-refractivity contribution in [3.05, 3.63) is 29.3 Å². The summed E-state index contributed by atoms with van der Waals surface area (Å²) < 4.78 is 25.5. The molecule has 0 spiro atoms. The van der Waals surface area contributed by atoms with Gasteiger partial charge in [0.2, 0.25) is 10.0 Å². The zero-order valence-electron chi connectivity index (χ0n) is 13.8. The Labute approximate surface area is 132 Å². The highest BCUT2D eigenvalue weighted by molar-refractivity contribution is 7.92. The number of benzene rings is 1. The largest absolute Gasteiger partial charge is 0.336 e. The fourth-order valence-electron chi connectivity index (χ4n) is 2.23. The molecule has 0 atom stereocenters. The van der Waals surface area contributed by atoms with Crippen LogP contribution in [0.3, 0.4) is 0 Å². The first kappa shape index (κ1) is 18.3. The van der Waals surface area contributed by atoms with Crippen LogP contribution >= 0.6 is 0 Å². The highest BCUT2D eigenvalue weighted by atomic mass is 32.2. The molecule has 2 amide bonds. The van der Waals surface area contributed by atoms with E-state index in [4.69, 9.17) is 0 Å². The van der Waals surface area contributed by atoms with Crippen LogP contribution in [0.5, 0.6) is 0 Å². The van der Waals surface area contributed by atoms with E-state index in [2.05, 4.69) is 10.6 Å². The predicted octanol–water partition coefficient (Wildman–Crippen LogP) is 1.78. The summed E-state index contributed by atoms with van der Waals surface area (Å²) in [4.78, 5) is 11.6. The first-order chi connectivity index (χ1) is 10.1. The van der Waals surface area contributed by atoms with Gasteiger partial charge < -0.3 is 10.6 Å². The number of rotatable bonds is 6. The van der Waals surface area contributed by atoms with Crippen LogP contribution in [0.1, 0.15) is 25.0 Å². The Morgan fingerprint density at radius 3 is 2.23 bits per heavy atom. The third kappa shape index (κ3) is 5.22. The summed E-state index contributed by atoms with van der Waals surface area (Å²) in [5.41, 5.74) is 2.45. The molecule has 0 heterocycles. The molecule has 0 saturated carbocycles. The summed E-state index contributed by atoms with van der Waals surface area (Å²) in [6.45, 7) is 7.90. The molecule has 2 N–H and O–H groups in total. The molecule has 1 aromatic rings. The van der Waals surface area contributed by atoms with E-state index in [1.165, 1.54) is 10.6 Å². The number of urea groups is 1. The molecule has 0 aliphatic rings. The molecule has 0 aromatic heterocycles. The van der Waals surface area contributed by atoms with Gasteiger partial charge in [-0.15, -0.1) is 0 Å². The Morgan fingerprint density at radius 1 is 1.23 bits per heavy atom. The van der Waals surface area contributed by atoms with Crippen LogP contribution < -0.4 is 14.9 Å². The molecular formula is C15H25N3O3S. The second-order valence-electron chi connectivity index (χ2n) is 5.63. The van der Waals surface area contributed by atoms with Crippen LogP contribution in [0.2, 0.25) is 0 Å². The van der Waals surface area contributed by atoms with Crippen LogP contribution in [-0.4, -0.2) is 39.8 Å². The number of hydrogen-bond donors (Lipinski definition) is 2. The normalized spacial score (nSPS) is 11.4. The van der Waals surface area contributed by atoms with Crippen molar-refractivity contribution < 1.29 is 13.2 Å². The van der Waals surface area contributed by atoms with Gasteiger partial charge in [0.25, 0.3) is 0 Å². The molecular weight excluding hydrogens is 302 g/mol. The third-order valence-corrected chi connectivity index (χ3v) is 4.28. The lowest BCUT2D eigenvalue weighted by molar-refractivity contribution is 0.239. The van der Waals surface area contributed by atoms with Gasteiger partial charge in [-0.25, -0.2) is 13.2 Å². The van der Waals surface area contributed by atoms with Crippen LogP contribution in [-0.2, 0) is 10.0 Å². The van der Waals surface area contributed by atoms with E-state index in [0.717, 1.165) is 11.1 Å². The summed E-state index contributed by atoms with van der Waals surface area (Å²) in [6.07, 6.45) is 1.17. The second kappa shape index (κ2) is 7.49. The number of hydrogen-bond acceptors (Lipinski definition) is 3. The molecule has 0 saturated heterocycles. The Bertz CT molecular complexity index is 607. The zero-order chi connectivity index (χ0) is 16.9. The van der Waals surface area contributed by atoms with Crippen molar-refractivity contribution in [3.63, 3.8) is 0 Å². The van der Waals surface area contributed by atoms with Crippen molar-refractivity contribution in [2.75, 3.05) is 23.7 Å². The van der Waals surface area contributed by atoms with Crippen molar-refractivity contribution >= 4 is 21.7 Å². The maximum absolute atomic E-state index is 12.1. The Balaban J connectivity index is 2.87. The minimum atomic E-state index is -3.42. The van der Waals surface area contributed by atoms with Gasteiger partial charge in [-0.05, 0) is 38.8 Å². The molecule has 0 fully saturated rings. The summed E-state index contributed by atoms with van der Waals surface area (Å²) in [7, 11) is -3.42. The van der Waals surface area contributed by atoms with E-state index in [-0.39, 0.29) is 25.2 Å². The van der Waals surface area contributed by atoms with E-state index in [0.29, 0.717) is 5.69 Å². The van der Waals surface area contributed by atoms with Crippen molar-refractivity contribution in [1.82, 2.24) is 10.6 Å². The number of aryl methyl sites for hydroxylation is 2. The van der Waals surface area contributed by atoms with E-state index >= 15 is 0 Å². The molecule has 1 rings (SSSR count). The fraction of sp³-hybridized carbons (Fsp3) is 0.533. The zero-order valence-corrected chi connectivity index (χ0v) is 14.6. The first-order valence-electron chi connectivity index (χ1n) is 7.21. The lowest BCUT2D eigenvalue weighted by atomic mass is 10.1. The van der Waals surface area contributed by atoms with E-state index in [1.54, 1.807) is 0 Å². The monoisotopic (exact) mass is 327 g/mol. The van der Waals surface area contributed by atoms with Crippen LogP contribution in [0.15, 0.2) is 18.2 Å². The van der Waals surface area contributed by atoms with Crippen LogP contribution in [0, 0.1) is 13.8 Å². The number of nitrogens with one attached hydrogen (secondary N) is 2. The van der Waals surface area contributed by atoms with E-state index < -0.39 is 10.0 Å². The molecule has 0 bridgehead atoms. The van der Waals surface area contributed by atoms with Gasteiger partial charge in [-0.2, -0.15) is 0 Å². The van der Waals surface area contributed by atoms with Crippen LogP contribution in [0.4, 0.5) is 10.5 Å². The van der Waals surface area contributed by atoms with Gasteiger partial charge in [0.15, 0.2) is 0 Å². The Morgan fingerprint density at radius 2 is 1.77 bits per heavy atom. The van der Waals surface area contributed by atoms with Gasteiger partial charge in [-0.1, -0.05) is 18.2 Å². The smallest absolute Gasteiger partial charge is 0.315 e. The van der Waals surface area contributed by atoms with Gasteiger partial charge >= 0.3 is 6.03 Å². The molecule has 124 valence electrons. The van der Waals surface area contributed by atoms with E-state index in [1.807, 2.05) is 45.9 Å². The van der Waals surface area contributed by atoms with Crippen molar-refractivity contribution in [3.8, 4) is 0 Å². The number of nitrogens with zero attached hydrogens (tertiary/aromatic N) is 1. The third-order valence-electron chi connectivity index (χ3n) is 3.11. The van der Waals surface area contributed by atoms with Gasteiger partial charge in [0.05, 0.1) is 18.5 Å². The number of carbonyl (C=O) groups is 1. The number of amides is 2. The number of para-hydroxylation sites is 1. The fourth-order valence-corrected chi connectivity index (χ4v) is 3.27. The average molecular weight is 327 g/mol. The quantitative estimate of drug-likeness (QED) is 0.836. The maximum Gasteiger partial charge on any atom is 0.315 e. The van der Waals surface area contributed by atoms with Gasteiger partial charge in [0.1, 0.15) is 0 Å². The Hall–Kier alpha value is -1.76. The molecule has 0 radical (unpaired) electrons. The molecule has 7 heteroatoms. The second-order valence-corrected chi connectivity index (χ2v) is 7.54. The summed E-state index contributed by atoms with van der Waals surface area (Å²) in [6, 6.07) is 5.37. The molecule has 0 aliphatic heterocycles. The number of sulfonamides is 1. The van der Waals surface area contributed by atoms with Crippen LogP contribution in [0.25, 0.3) is 0 Å². The van der Waals surface area contributed by atoms with Gasteiger partial charge in [0, 0.05) is 12.6 Å². The minimum Gasteiger partial charge on any atom is -0.336 e. The molecule has 6 nitrogen and oxygen atoms in total. The summed E-state index contributed by atoms with van der Waals surface area (Å²) in [5.74, 6) is 0. The summed E-state index contributed by atoms with van der Waals surface area (Å²) in [5, 5.41) is 5.37. The number of carbonyl (C=O) groups excluding carboxylic acids is 1. The highest BCUT2D eigenvalue weighted by Gasteiger charge is 2.20. The lowest BCUT2D eigenvalue weighted by Gasteiger charge is -2.26. The Kier molecular flexibility index (Phi) is 6.22. The van der Waals surface area contributed by atoms with Crippen molar-refractivity contribution in [2.45, 2.75) is 33.7 Å². The summed E-state index contributed by atoms with van der Waals surface area (Å²) >= 11 is 0. The minimum absolute atomic E-state index is 0.0321. The first-order valence-corrected chi connectivity index (χ1v) is 9.06. The topological polar surface area (TPSA) is 78.5 Å². The highest BCUT2D eigenvalue weighted by Crippen LogP contribution is 2.26. The lowest BCUT2D eigenvalue weighted by Crippen LogP contribution is -2.44. The predicted molar refractivity (Wildman–Crippen MR) is 89.8 cm³/mol. The molecule has 0 aliphatic carbocycles. The van der Waals surface area contributed by atoms with E-state index in [9.17, 15) is 13.2 Å². The molecule has 22 heavy (non-hydrogen) atoms. The maximum atomic E-state index is 12.1. The SMILES string of the molecule is Cc1cccc(C)c1N(CCNC(=O)NC(C)C)S(C)(=O)=O. The number of anilines is 1. The van der Waals surface area contributed by atoms with Crippen molar-refractivity contribution in [2.24, 2.45) is 0 Å². The molecule has 0 unspecified atom stereocenters. The van der Waals surface area contributed by atoms with Crippen molar-refractivity contribution in [1.29, 1.82) is 0 Å². The standard InChI is InChI=1S/C15H25N3O3S/c1-11(2)17-15(19)16-9-10-18(22(5,20)21)14-12(3)7-6-8-13(14)4/h6-8,11H,9-10H2,1-5H3,(H2,16,17,19). The van der Waals surface area contributed by atoms with Gasteiger partial charge in [-0.3, -0.25) is 4.31 Å². The average Bonchev–Trinajstić information content (AvgIpc) is 2.34.